The van der Waals surface area contributed by atoms with Gasteiger partial charge in [0.15, 0.2) is 0 Å². The second kappa shape index (κ2) is 5.54. The maximum Gasteiger partial charge on any atom is 0.119 e. The second-order valence-electron chi connectivity index (χ2n) is 6.39. The van der Waals surface area contributed by atoms with Gasteiger partial charge in [-0.2, -0.15) is 0 Å². The molecule has 0 spiro atoms. The minimum absolute atomic E-state index is 0.248. The number of hydrogen-bond donors (Lipinski definition) is 1. The lowest BCUT2D eigenvalue weighted by atomic mass is 10.1. The zero-order valence-corrected chi connectivity index (χ0v) is 12.1. The lowest BCUT2D eigenvalue weighted by Gasteiger charge is -2.18. The summed E-state index contributed by atoms with van der Waals surface area (Å²) in [5.74, 6) is 2.91. The fourth-order valence-corrected chi connectivity index (χ4v) is 2.82. The molecule has 0 saturated heterocycles. The lowest BCUT2D eigenvalue weighted by molar-refractivity contribution is 0.242. The molecule has 19 heavy (non-hydrogen) atoms. The van der Waals surface area contributed by atoms with Crippen LogP contribution in [0.3, 0.4) is 0 Å². The molecule has 0 radical (unpaired) electrons. The Morgan fingerprint density at radius 1 is 1.05 bits per heavy atom. The molecule has 104 valence electrons. The monoisotopic (exact) mass is 259 g/mol. The van der Waals surface area contributed by atoms with Crippen LogP contribution in [0.15, 0.2) is 24.3 Å². The Hall–Kier alpha value is -1.02. The minimum atomic E-state index is 0.248. The van der Waals surface area contributed by atoms with Crippen LogP contribution in [0, 0.1) is 11.8 Å². The number of nitrogens with one attached hydrogen (secondary N) is 1. The molecule has 0 heterocycles. The summed E-state index contributed by atoms with van der Waals surface area (Å²) in [5, 5.41) is 3.78. The van der Waals surface area contributed by atoms with Crippen LogP contribution < -0.4 is 10.1 Å². The molecule has 0 amide bonds. The summed E-state index contributed by atoms with van der Waals surface area (Å²) >= 11 is 0. The van der Waals surface area contributed by atoms with Crippen molar-refractivity contribution in [2.45, 2.75) is 58.2 Å². The normalized spacial score (nSPS) is 19.2. The Labute approximate surface area is 116 Å². The molecule has 1 N–H and O–H groups in total. The quantitative estimate of drug-likeness (QED) is 0.805. The summed E-state index contributed by atoms with van der Waals surface area (Å²) in [7, 11) is 0. The third-order valence-corrected chi connectivity index (χ3v) is 4.10. The van der Waals surface area contributed by atoms with Gasteiger partial charge in [-0.05, 0) is 69.1 Å². The first-order valence-electron chi connectivity index (χ1n) is 7.71. The average Bonchev–Trinajstić information content (AvgIpc) is 3.25. The lowest BCUT2D eigenvalue weighted by Crippen LogP contribution is -2.32. The zero-order valence-electron chi connectivity index (χ0n) is 12.1. The molecule has 0 atom stereocenters. The molecule has 2 nitrogen and oxygen atoms in total. The highest BCUT2D eigenvalue weighted by molar-refractivity contribution is 5.27. The zero-order chi connectivity index (χ0) is 13.2. The van der Waals surface area contributed by atoms with E-state index in [0.717, 1.165) is 30.2 Å². The van der Waals surface area contributed by atoms with Gasteiger partial charge in [-0.25, -0.2) is 0 Å². The first-order chi connectivity index (χ1) is 9.22. The van der Waals surface area contributed by atoms with Crippen molar-refractivity contribution in [3.05, 3.63) is 29.8 Å². The van der Waals surface area contributed by atoms with E-state index in [4.69, 9.17) is 4.74 Å². The smallest absolute Gasteiger partial charge is 0.119 e. The van der Waals surface area contributed by atoms with E-state index in [0.29, 0.717) is 0 Å². The van der Waals surface area contributed by atoms with Gasteiger partial charge in [0.1, 0.15) is 5.75 Å². The van der Waals surface area contributed by atoms with Gasteiger partial charge >= 0.3 is 0 Å². The van der Waals surface area contributed by atoms with Crippen molar-refractivity contribution in [1.82, 2.24) is 5.32 Å². The predicted molar refractivity (Wildman–Crippen MR) is 78.3 cm³/mol. The Morgan fingerprint density at radius 2 is 1.63 bits per heavy atom. The van der Waals surface area contributed by atoms with E-state index in [-0.39, 0.29) is 6.10 Å². The van der Waals surface area contributed by atoms with Crippen LogP contribution in [-0.4, -0.2) is 12.1 Å². The maximum atomic E-state index is 5.67. The van der Waals surface area contributed by atoms with Gasteiger partial charge in [0, 0.05) is 12.6 Å². The molecule has 2 fully saturated rings. The summed E-state index contributed by atoms with van der Waals surface area (Å²) in [6.45, 7) is 5.12. The Morgan fingerprint density at radius 3 is 2.11 bits per heavy atom. The van der Waals surface area contributed by atoms with Crippen molar-refractivity contribution in [2.24, 2.45) is 11.8 Å². The highest BCUT2D eigenvalue weighted by Crippen LogP contribution is 2.44. The second-order valence-corrected chi connectivity index (χ2v) is 6.39. The number of ether oxygens (including phenoxy) is 1. The van der Waals surface area contributed by atoms with E-state index < -0.39 is 0 Å². The number of benzene rings is 1. The van der Waals surface area contributed by atoms with Crippen LogP contribution in [0.1, 0.15) is 45.1 Å². The molecule has 0 aliphatic heterocycles. The molecule has 0 aromatic heterocycles. The summed E-state index contributed by atoms with van der Waals surface area (Å²) in [6.07, 6.45) is 6.01. The van der Waals surface area contributed by atoms with Crippen molar-refractivity contribution in [3.63, 3.8) is 0 Å². The fourth-order valence-electron chi connectivity index (χ4n) is 2.82. The third kappa shape index (κ3) is 3.73. The topological polar surface area (TPSA) is 21.3 Å². The summed E-state index contributed by atoms with van der Waals surface area (Å²) in [4.78, 5) is 0. The maximum absolute atomic E-state index is 5.67. The molecule has 2 aliphatic rings. The van der Waals surface area contributed by atoms with E-state index >= 15 is 0 Å². The number of rotatable bonds is 7. The van der Waals surface area contributed by atoms with Gasteiger partial charge < -0.3 is 10.1 Å². The molecule has 2 aliphatic carbocycles. The van der Waals surface area contributed by atoms with Crippen molar-refractivity contribution in [1.29, 1.82) is 0 Å². The molecular weight excluding hydrogens is 234 g/mol. The van der Waals surface area contributed by atoms with Crippen molar-refractivity contribution >= 4 is 0 Å². The van der Waals surface area contributed by atoms with Gasteiger partial charge in [0.25, 0.3) is 0 Å². The van der Waals surface area contributed by atoms with Gasteiger partial charge in [-0.1, -0.05) is 12.1 Å². The van der Waals surface area contributed by atoms with Crippen LogP contribution >= 0.6 is 0 Å². The highest BCUT2D eigenvalue weighted by atomic mass is 16.5. The van der Waals surface area contributed by atoms with Crippen LogP contribution in [0.5, 0.6) is 5.75 Å². The predicted octanol–water partition coefficient (Wildman–Crippen LogP) is 3.75. The van der Waals surface area contributed by atoms with Crippen LogP contribution in [0.25, 0.3) is 0 Å². The standard InChI is InChI=1S/C17H25NO/c1-12(2)19-16-9-3-13(4-10-16)11-18-17(14-5-6-14)15-7-8-15/h3-4,9-10,12,14-15,17-18H,5-8,11H2,1-2H3. The van der Waals surface area contributed by atoms with Crippen LogP contribution in [-0.2, 0) is 6.54 Å². The Balaban J connectivity index is 1.51. The molecular formula is C17H25NO. The van der Waals surface area contributed by atoms with E-state index in [2.05, 4.69) is 43.4 Å². The van der Waals surface area contributed by atoms with Crippen molar-refractivity contribution in [2.75, 3.05) is 0 Å². The van der Waals surface area contributed by atoms with Gasteiger partial charge in [-0.3, -0.25) is 0 Å². The molecule has 1 aromatic carbocycles. The van der Waals surface area contributed by atoms with Crippen LogP contribution in [0.4, 0.5) is 0 Å². The summed E-state index contributed by atoms with van der Waals surface area (Å²) in [5.41, 5.74) is 1.36. The molecule has 0 unspecified atom stereocenters. The van der Waals surface area contributed by atoms with E-state index in [1.165, 1.54) is 31.2 Å². The van der Waals surface area contributed by atoms with Gasteiger partial charge in [0.2, 0.25) is 0 Å². The Kier molecular flexibility index (Phi) is 3.79. The molecule has 1 aromatic rings. The molecule has 3 rings (SSSR count). The number of hydrogen-bond acceptors (Lipinski definition) is 2. The van der Waals surface area contributed by atoms with Crippen molar-refractivity contribution < 1.29 is 4.74 Å². The van der Waals surface area contributed by atoms with Crippen molar-refractivity contribution in [3.8, 4) is 5.75 Å². The largest absolute Gasteiger partial charge is 0.491 e. The Bertz CT molecular complexity index is 392. The third-order valence-electron chi connectivity index (χ3n) is 4.10. The first kappa shape index (κ1) is 13.0. The van der Waals surface area contributed by atoms with E-state index in [9.17, 15) is 0 Å². The molecule has 2 saturated carbocycles. The molecule has 0 bridgehead atoms. The van der Waals surface area contributed by atoms with Crippen LogP contribution in [0.2, 0.25) is 0 Å². The van der Waals surface area contributed by atoms with Gasteiger partial charge in [-0.15, -0.1) is 0 Å². The summed E-state index contributed by atoms with van der Waals surface area (Å²) < 4.78 is 5.67. The SMILES string of the molecule is CC(C)Oc1ccc(CNC(C2CC2)C2CC2)cc1. The average molecular weight is 259 g/mol. The minimum Gasteiger partial charge on any atom is -0.491 e. The van der Waals surface area contributed by atoms with Gasteiger partial charge in [0.05, 0.1) is 6.10 Å². The van der Waals surface area contributed by atoms with E-state index in [1.807, 2.05) is 0 Å². The molecule has 2 heteroatoms. The highest BCUT2D eigenvalue weighted by Gasteiger charge is 2.40. The summed E-state index contributed by atoms with van der Waals surface area (Å²) in [6, 6.07) is 9.32. The first-order valence-corrected chi connectivity index (χ1v) is 7.71. The fraction of sp³-hybridized carbons (Fsp3) is 0.647. The van der Waals surface area contributed by atoms with E-state index in [1.54, 1.807) is 0 Å².